The van der Waals surface area contributed by atoms with Crippen molar-refractivity contribution >= 4 is 17.3 Å². The summed E-state index contributed by atoms with van der Waals surface area (Å²) < 4.78 is 16.3. The Bertz CT molecular complexity index is 702. The van der Waals surface area contributed by atoms with Crippen molar-refractivity contribution in [2.24, 2.45) is 0 Å². The second-order valence-electron chi connectivity index (χ2n) is 5.04. The molecule has 6 nitrogen and oxygen atoms in total. The van der Waals surface area contributed by atoms with E-state index in [-0.39, 0.29) is 5.56 Å². The molecular weight excluding hydrogens is 306 g/mol. The minimum Gasteiger partial charge on any atom is -0.478 e. The molecule has 2 heterocycles. The number of rotatable bonds is 5. The molecule has 116 valence electrons. The molecule has 1 fully saturated rings. The Labute approximate surface area is 131 Å². The number of methoxy groups -OCH3 is 1. The molecule has 0 atom stereocenters. The number of carbonyl (C=O) groups is 1. The number of hydrogen-bond acceptors (Lipinski definition) is 6. The van der Waals surface area contributed by atoms with E-state index in [2.05, 4.69) is 4.98 Å². The average Bonchev–Trinajstić information content (AvgIpc) is 2.89. The van der Waals surface area contributed by atoms with Gasteiger partial charge in [0.15, 0.2) is 0 Å². The minimum atomic E-state index is -1.02. The molecule has 0 saturated carbocycles. The molecule has 7 heteroatoms. The highest BCUT2D eigenvalue weighted by molar-refractivity contribution is 7.14. The van der Waals surface area contributed by atoms with Crippen LogP contribution in [0.15, 0.2) is 24.4 Å². The SMILES string of the molecule is COC1(Oc2cc(C(=O)O)cc(-c3ncc(C)s3)c2)COC1. The van der Waals surface area contributed by atoms with Crippen molar-refractivity contribution in [3.63, 3.8) is 0 Å². The van der Waals surface area contributed by atoms with Crippen LogP contribution in [0.2, 0.25) is 0 Å². The lowest BCUT2D eigenvalue weighted by molar-refractivity contribution is -0.294. The van der Waals surface area contributed by atoms with Gasteiger partial charge in [-0.1, -0.05) is 0 Å². The van der Waals surface area contributed by atoms with Crippen molar-refractivity contribution in [1.29, 1.82) is 0 Å². The molecule has 1 N–H and O–H groups in total. The van der Waals surface area contributed by atoms with Gasteiger partial charge < -0.3 is 19.3 Å². The van der Waals surface area contributed by atoms with Crippen LogP contribution in [0.1, 0.15) is 15.2 Å². The normalized spacial score (nSPS) is 16.1. The molecule has 22 heavy (non-hydrogen) atoms. The van der Waals surface area contributed by atoms with Crippen molar-refractivity contribution < 1.29 is 24.1 Å². The number of nitrogens with zero attached hydrogens (tertiary/aromatic N) is 1. The van der Waals surface area contributed by atoms with Crippen LogP contribution >= 0.6 is 11.3 Å². The number of carboxylic acids is 1. The lowest BCUT2D eigenvalue weighted by Crippen LogP contribution is -2.55. The first-order valence-corrected chi connectivity index (χ1v) is 7.46. The van der Waals surface area contributed by atoms with Crippen LogP contribution < -0.4 is 4.74 Å². The zero-order valence-electron chi connectivity index (χ0n) is 12.2. The van der Waals surface area contributed by atoms with E-state index >= 15 is 0 Å². The van der Waals surface area contributed by atoms with Crippen molar-refractivity contribution in [1.82, 2.24) is 4.98 Å². The summed E-state index contributed by atoms with van der Waals surface area (Å²) in [5, 5.41) is 10.0. The van der Waals surface area contributed by atoms with E-state index in [1.807, 2.05) is 6.92 Å². The van der Waals surface area contributed by atoms with Gasteiger partial charge in [0.25, 0.3) is 5.79 Å². The predicted octanol–water partition coefficient (Wildman–Crippen LogP) is 2.57. The van der Waals surface area contributed by atoms with Crippen LogP contribution in [0, 0.1) is 6.92 Å². The number of aryl methyl sites for hydroxylation is 1. The Morgan fingerprint density at radius 1 is 1.41 bits per heavy atom. The quantitative estimate of drug-likeness (QED) is 0.853. The molecule has 0 aliphatic carbocycles. The molecular formula is C15H15NO5S. The monoisotopic (exact) mass is 321 g/mol. The van der Waals surface area contributed by atoms with Crippen LogP contribution in [0.25, 0.3) is 10.6 Å². The van der Waals surface area contributed by atoms with Gasteiger partial charge >= 0.3 is 5.97 Å². The number of thiazole rings is 1. The van der Waals surface area contributed by atoms with Gasteiger partial charge in [0.1, 0.15) is 24.0 Å². The van der Waals surface area contributed by atoms with E-state index in [1.165, 1.54) is 24.5 Å². The minimum absolute atomic E-state index is 0.145. The highest BCUT2D eigenvalue weighted by Crippen LogP contribution is 2.32. The maximum absolute atomic E-state index is 11.3. The summed E-state index contributed by atoms with van der Waals surface area (Å²) in [7, 11) is 1.54. The van der Waals surface area contributed by atoms with E-state index in [9.17, 15) is 9.90 Å². The van der Waals surface area contributed by atoms with Crippen LogP contribution in [0.4, 0.5) is 0 Å². The summed E-state index contributed by atoms with van der Waals surface area (Å²) in [4.78, 5) is 16.7. The second kappa shape index (κ2) is 5.68. The maximum Gasteiger partial charge on any atom is 0.335 e. The van der Waals surface area contributed by atoms with E-state index < -0.39 is 11.8 Å². The number of hydrogen-bond donors (Lipinski definition) is 1. The van der Waals surface area contributed by atoms with Gasteiger partial charge in [0.05, 0.1) is 5.56 Å². The number of aromatic carboxylic acids is 1. The summed E-state index contributed by atoms with van der Waals surface area (Å²) >= 11 is 1.50. The lowest BCUT2D eigenvalue weighted by Gasteiger charge is -2.39. The van der Waals surface area contributed by atoms with Crippen molar-refractivity contribution in [2.45, 2.75) is 12.7 Å². The fourth-order valence-electron chi connectivity index (χ4n) is 2.10. The number of carboxylic acid groups (broad SMARTS) is 1. The third-order valence-corrected chi connectivity index (χ3v) is 4.30. The van der Waals surface area contributed by atoms with Crippen LogP contribution in [0.5, 0.6) is 5.75 Å². The van der Waals surface area contributed by atoms with Gasteiger partial charge in [-0.25, -0.2) is 9.78 Å². The van der Waals surface area contributed by atoms with Gasteiger partial charge in [-0.3, -0.25) is 0 Å². The zero-order chi connectivity index (χ0) is 15.7. The Balaban J connectivity index is 1.99. The molecule has 1 saturated heterocycles. The van der Waals surface area contributed by atoms with Crippen molar-refractivity contribution in [3.8, 4) is 16.3 Å². The molecule has 1 aromatic heterocycles. The molecule has 2 aromatic rings. The topological polar surface area (TPSA) is 77.9 Å². The van der Waals surface area contributed by atoms with Crippen molar-refractivity contribution in [2.75, 3.05) is 20.3 Å². The van der Waals surface area contributed by atoms with Crippen LogP contribution in [0.3, 0.4) is 0 Å². The fourth-order valence-corrected chi connectivity index (χ4v) is 2.85. The van der Waals surface area contributed by atoms with Crippen molar-refractivity contribution in [3.05, 3.63) is 34.8 Å². The molecule has 1 aliphatic rings. The molecule has 0 radical (unpaired) electrons. The standard InChI is InChI=1S/C15H15NO5S/c1-9-6-16-13(22-9)10-3-11(14(17)18)5-12(4-10)21-15(19-2)7-20-8-15/h3-6H,7-8H2,1-2H3,(H,17,18). The molecule has 1 aliphatic heterocycles. The summed E-state index contributed by atoms with van der Waals surface area (Å²) in [5.74, 6) is -1.43. The van der Waals surface area contributed by atoms with Gasteiger partial charge in [0.2, 0.25) is 0 Å². The highest BCUT2D eigenvalue weighted by Gasteiger charge is 2.41. The van der Waals surface area contributed by atoms with Gasteiger partial charge in [0, 0.05) is 23.7 Å². The maximum atomic E-state index is 11.3. The Kier molecular flexibility index (Phi) is 3.86. The number of ether oxygens (including phenoxy) is 3. The summed E-state index contributed by atoms with van der Waals surface area (Å²) in [6.07, 6.45) is 1.75. The van der Waals surface area contributed by atoms with E-state index in [0.29, 0.717) is 24.5 Å². The van der Waals surface area contributed by atoms with E-state index in [4.69, 9.17) is 14.2 Å². The summed E-state index contributed by atoms with van der Waals surface area (Å²) in [6.45, 7) is 2.57. The van der Waals surface area contributed by atoms with E-state index in [1.54, 1.807) is 18.3 Å². The molecule has 3 rings (SSSR count). The number of benzene rings is 1. The first-order chi connectivity index (χ1) is 10.5. The predicted molar refractivity (Wildman–Crippen MR) is 80.4 cm³/mol. The summed E-state index contributed by atoms with van der Waals surface area (Å²) in [6, 6.07) is 4.83. The third-order valence-electron chi connectivity index (χ3n) is 3.34. The molecule has 0 amide bonds. The Hall–Kier alpha value is -1.96. The molecule has 0 unspecified atom stereocenters. The third kappa shape index (κ3) is 2.83. The van der Waals surface area contributed by atoms with Crippen LogP contribution in [-0.2, 0) is 9.47 Å². The lowest BCUT2D eigenvalue weighted by atomic mass is 10.1. The average molecular weight is 321 g/mol. The Morgan fingerprint density at radius 2 is 2.18 bits per heavy atom. The van der Waals surface area contributed by atoms with Gasteiger partial charge in [-0.05, 0) is 25.1 Å². The van der Waals surface area contributed by atoms with Gasteiger partial charge in [-0.15, -0.1) is 11.3 Å². The smallest absolute Gasteiger partial charge is 0.335 e. The molecule has 0 bridgehead atoms. The second-order valence-corrected chi connectivity index (χ2v) is 6.27. The summed E-state index contributed by atoms with van der Waals surface area (Å²) in [5.41, 5.74) is 0.853. The number of aromatic nitrogens is 1. The van der Waals surface area contributed by atoms with Gasteiger partial charge in [-0.2, -0.15) is 0 Å². The highest BCUT2D eigenvalue weighted by atomic mass is 32.1. The Morgan fingerprint density at radius 3 is 2.68 bits per heavy atom. The van der Waals surface area contributed by atoms with E-state index in [0.717, 1.165) is 9.88 Å². The zero-order valence-corrected chi connectivity index (χ0v) is 13.0. The largest absolute Gasteiger partial charge is 0.478 e. The first kappa shape index (κ1) is 15.0. The fraction of sp³-hybridized carbons (Fsp3) is 0.333. The first-order valence-electron chi connectivity index (χ1n) is 6.64. The molecule has 0 spiro atoms. The molecule has 1 aromatic carbocycles. The van der Waals surface area contributed by atoms with Crippen LogP contribution in [-0.4, -0.2) is 42.2 Å².